The molecule has 0 aromatic carbocycles. The second-order valence-electron chi connectivity index (χ2n) is 12.0. The summed E-state index contributed by atoms with van der Waals surface area (Å²) in [5.74, 6) is 1.16. The van der Waals surface area contributed by atoms with Crippen LogP contribution in [0.4, 0.5) is 0 Å². The van der Waals surface area contributed by atoms with Crippen LogP contribution in [0.2, 0.25) is 0 Å². The number of aliphatic hydroxyl groups is 1. The van der Waals surface area contributed by atoms with E-state index in [1.807, 2.05) is 0 Å². The van der Waals surface area contributed by atoms with Crippen LogP contribution < -0.4 is 0 Å². The topological polar surface area (TPSA) is 20.2 Å². The zero-order chi connectivity index (χ0) is 20.5. The summed E-state index contributed by atoms with van der Waals surface area (Å²) in [6, 6.07) is 0. The maximum absolute atomic E-state index is 12.2. The fourth-order valence-corrected chi connectivity index (χ4v) is 9.01. The predicted octanol–water partition coefficient (Wildman–Crippen LogP) is 7.52. The summed E-state index contributed by atoms with van der Waals surface area (Å²) >= 11 is 0. The van der Waals surface area contributed by atoms with E-state index in [4.69, 9.17) is 0 Å². The third kappa shape index (κ3) is 2.61. The summed E-state index contributed by atoms with van der Waals surface area (Å²) in [6.45, 7) is 11.4. The summed E-state index contributed by atoms with van der Waals surface area (Å²) in [5, 5.41) is 12.2. The Labute approximate surface area is 178 Å². The van der Waals surface area contributed by atoms with Crippen LogP contribution in [-0.2, 0) is 0 Å². The van der Waals surface area contributed by atoms with Gasteiger partial charge in [0.15, 0.2) is 0 Å². The quantitative estimate of drug-likeness (QED) is 0.480. The van der Waals surface area contributed by atoms with Crippen molar-refractivity contribution in [2.24, 2.45) is 28.1 Å². The van der Waals surface area contributed by atoms with Crippen molar-refractivity contribution < 1.29 is 5.11 Å². The number of allylic oxidation sites excluding steroid dienone is 5. The average Bonchev–Trinajstić information content (AvgIpc) is 3.41. The minimum absolute atomic E-state index is 0.259. The van der Waals surface area contributed by atoms with Gasteiger partial charge in [0.1, 0.15) is 0 Å². The van der Waals surface area contributed by atoms with Crippen molar-refractivity contribution in [1.29, 1.82) is 0 Å². The zero-order valence-electron chi connectivity index (χ0n) is 19.2. The molecule has 1 heteroatoms. The molecule has 160 valence electrons. The van der Waals surface area contributed by atoms with Gasteiger partial charge in [0.2, 0.25) is 0 Å². The molecular formula is C28H42O. The number of fused-ring (bicyclic) bond motifs is 2. The number of hydrogen-bond donors (Lipinski definition) is 1. The normalized spacial score (nSPS) is 46.1. The molecule has 5 aliphatic rings. The van der Waals surface area contributed by atoms with Crippen LogP contribution in [0.1, 0.15) is 104 Å². The minimum Gasteiger partial charge on any atom is -0.389 e. The van der Waals surface area contributed by atoms with E-state index in [1.165, 1.54) is 88.2 Å². The molecule has 0 bridgehead atoms. The van der Waals surface area contributed by atoms with Crippen molar-refractivity contribution in [3.63, 3.8) is 0 Å². The van der Waals surface area contributed by atoms with Crippen LogP contribution in [-0.4, -0.2) is 10.7 Å². The lowest BCUT2D eigenvalue weighted by atomic mass is 9.50. The first kappa shape index (κ1) is 20.1. The van der Waals surface area contributed by atoms with Crippen LogP contribution >= 0.6 is 0 Å². The molecule has 0 aliphatic heterocycles. The van der Waals surface area contributed by atoms with Gasteiger partial charge in [-0.25, -0.2) is 0 Å². The lowest BCUT2D eigenvalue weighted by Crippen LogP contribution is -2.49. The van der Waals surface area contributed by atoms with Crippen molar-refractivity contribution in [1.82, 2.24) is 0 Å². The molecule has 1 N–H and O–H groups in total. The van der Waals surface area contributed by atoms with Crippen molar-refractivity contribution in [2.75, 3.05) is 0 Å². The maximum atomic E-state index is 12.2. The molecule has 2 spiro atoms. The molecule has 5 unspecified atom stereocenters. The molecule has 29 heavy (non-hydrogen) atoms. The average molecular weight is 395 g/mol. The van der Waals surface area contributed by atoms with E-state index >= 15 is 0 Å². The van der Waals surface area contributed by atoms with Crippen LogP contribution in [0, 0.1) is 28.1 Å². The van der Waals surface area contributed by atoms with Crippen LogP contribution in [0.3, 0.4) is 0 Å². The molecule has 0 radical (unpaired) electrons. The van der Waals surface area contributed by atoms with Crippen molar-refractivity contribution >= 4 is 0 Å². The first-order valence-corrected chi connectivity index (χ1v) is 12.5. The Morgan fingerprint density at radius 1 is 1.03 bits per heavy atom. The highest BCUT2D eigenvalue weighted by molar-refractivity contribution is 5.41. The highest BCUT2D eigenvalue weighted by atomic mass is 16.3. The van der Waals surface area contributed by atoms with Gasteiger partial charge in [-0.1, -0.05) is 55.2 Å². The molecule has 4 saturated carbocycles. The van der Waals surface area contributed by atoms with Gasteiger partial charge in [0.25, 0.3) is 0 Å². The lowest BCUT2D eigenvalue weighted by Gasteiger charge is -2.54. The van der Waals surface area contributed by atoms with Gasteiger partial charge < -0.3 is 5.11 Å². The first-order chi connectivity index (χ1) is 13.8. The third-order valence-electron chi connectivity index (χ3n) is 11.0. The highest BCUT2D eigenvalue weighted by Crippen LogP contribution is 2.69. The third-order valence-corrected chi connectivity index (χ3v) is 11.0. The summed E-state index contributed by atoms with van der Waals surface area (Å²) in [4.78, 5) is 0. The van der Waals surface area contributed by atoms with Crippen molar-refractivity contribution in [2.45, 2.75) is 110 Å². The zero-order valence-corrected chi connectivity index (χ0v) is 19.2. The molecule has 0 heterocycles. The Bertz CT molecular complexity index is 760. The van der Waals surface area contributed by atoms with Crippen LogP contribution in [0.25, 0.3) is 0 Å². The molecule has 0 aromatic heterocycles. The predicted molar refractivity (Wildman–Crippen MR) is 122 cm³/mol. The van der Waals surface area contributed by atoms with Gasteiger partial charge in [-0.15, -0.1) is 0 Å². The Morgan fingerprint density at radius 3 is 2.48 bits per heavy atom. The van der Waals surface area contributed by atoms with E-state index in [-0.39, 0.29) is 21.8 Å². The van der Waals surface area contributed by atoms with Gasteiger partial charge in [0.05, 0.1) is 5.60 Å². The molecule has 4 fully saturated rings. The van der Waals surface area contributed by atoms with Gasteiger partial charge in [-0.3, -0.25) is 0 Å². The highest BCUT2D eigenvalue weighted by Gasteiger charge is 2.63. The maximum Gasteiger partial charge on any atom is 0.0732 e. The molecular weight excluding hydrogens is 352 g/mol. The molecule has 0 saturated heterocycles. The van der Waals surface area contributed by atoms with Gasteiger partial charge in [0, 0.05) is 0 Å². The lowest BCUT2D eigenvalue weighted by molar-refractivity contribution is -0.107. The monoisotopic (exact) mass is 394 g/mol. The fourth-order valence-electron chi connectivity index (χ4n) is 9.01. The van der Waals surface area contributed by atoms with Crippen LogP contribution in [0.15, 0.2) is 35.5 Å². The largest absolute Gasteiger partial charge is 0.389 e. The molecule has 5 aliphatic carbocycles. The Balaban J connectivity index is 1.46. The van der Waals surface area contributed by atoms with Gasteiger partial charge >= 0.3 is 0 Å². The standard InChI is InChI=1S/C28H42O/c1-20(2)22-9-15-25(4)24(18-22)21(3)8-16-27(25)17-10-23(19-27)28(29)14-7-13-26(28)11-5-6-12-26/h8,16,22-23,29H,1,5-7,9-15,17-19H2,2-4H3. The Hall–Kier alpha value is -0.820. The van der Waals surface area contributed by atoms with Gasteiger partial charge in [-0.2, -0.15) is 0 Å². The fraction of sp³-hybridized carbons (Fsp3) is 0.786. The SMILES string of the molecule is C=C(C)C1CCC2(C)C(=C(C)C=CC23CCC(C2(O)CCCC24CCCC4)C3)C1. The molecule has 0 amide bonds. The summed E-state index contributed by atoms with van der Waals surface area (Å²) in [5.41, 5.74) is 5.02. The summed E-state index contributed by atoms with van der Waals surface area (Å²) in [7, 11) is 0. The molecule has 5 atom stereocenters. The number of hydrogen-bond acceptors (Lipinski definition) is 1. The Morgan fingerprint density at radius 2 is 1.76 bits per heavy atom. The van der Waals surface area contributed by atoms with Crippen LogP contribution in [0.5, 0.6) is 0 Å². The van der Waals surface area contributed by atoms with E-state index in [0.29, 0.717) is 11.8 Å². The van der Waals surface area contributed by atoms with Crippen molar-refractivity contribution in [3.05, 3.63) is 35.5 Å². The van der Waals surface area contributed by atoms with E-state index in [0.717, 1.165) is 6.42 Å². The van der Waals surface area contributed by atoms with E-state index < -0.39 is 0 Å². The summed E-state index contributed by atoms with van der Waals surface area (Å²) < 4.78 is 0. The first-order valence-electron chi connectivity index (χ1n) is 12.5. The van der Waals surface area contributed by atoms with E-state index in [1.54, 1.807) is 5.57 Å². The summed E-state index contributed by atoms with van der Waals surface area (Å²) in [6.07, 6.45) is 21.4. The molecule has 1 nitrogen and oxygen atoms in total. The Kier molecular flexibility index (Phi) is 4.57. The minimum atomic E-state index is -0.386. The molecule has 5 rings (SSSR count). The molecule has 0 aromatic rings. The van der Waals surface area contributed by atoms with Gasteiger partial charge in [-0.05, 0) is 113 Å². The van der Waals surface area contributed by atoms with E-state index in [2.05, 4.69) is 39.5 Å². The van der Waals surface area contributed by atoms with Crippen molar-refractivity contribution in [3.8, 4) is 0 Å². The number of rotatable bonds is 2. The second-order valence-corrected chi connectivity index (χ2v) is 12.0. The van der Waals surface area contributed by atoms with E-state index in [9.17, 15) is 5.11 Å². The smallest absolute Gasteiger partial charge is 0.0732 e. The second kappa shape index (κ2) is 6.59.